The Kier molecular flexibility index (Phi) is 3.62. The van der Waals surface area contributed by atoms with E-state index in [1.165, 1.54) is 17.4 Å². The topological polar surface area (TPSA) is 24.9 Å². The van der Waals surface area contributed by atoms with E-state index in [1.807, 2.05) is 6.07 Å². The van der Waals surface area contributed by atoms with Gasteiger partial charge in [-0.15, -0.1) is 0 Å². The van der Waals surface area contributed by atoms with Crippen molar-refractivity contribution in [3.63, 3.8) is 0 Å². The van der Waals surface area contributed by atoms with Gasteiger partial charge < -0.3 is 5.32 Å². The summed E-state index contributed by atoms with van der Waals surface area (Å²) in [6.45, 7) is 7.48. The lowest BCUT2D eigenvalue weighted by molar-refractivity contribution is 0.734. The monoisotopic (exact) mass is 228 g/mol. The lowest BCUT2D eigenvalue weighted by Gasteiger charge is -2.10. The molecule has 0 radical (unpaired) electrons. The number of aromatic nitrogens is 1. The van der Waals surface area contributed by atoms with Crippen molar-refractivity contribution in [3.05, 3.63) is 35.9 Å². The molecule has 0 spiro atoms. The average molecular weight is 228 g/mol. The van der Waals surface area contributed by atoms with Crippen LogP contribution in [0.3, 0.4) is 0 Å². The standard InChI is InChI=1S/C15H20N2/c1-4-11(3)12-6-8-14-13(10-12)7-9-15(17-14)16-5-2/h6-11H,4-5H2,1-3H3,(H,16,17). The van der Waals surface area contributed by atoms with E-state index >= 15 is 0 Å². The summed E-state index contributed by atoms with van der Waals surface area (Å²) in [6, 6.07) is 10.8. The third-order valence-corrected chi connectivity index (χ3v) is 3.25. The average Bonchev–Trinajstić information content (AvgIpc) is 2.37. The zero-order valence-corrected chi connectivity index (χ0v) is 10.8. The molecule has 0 bridgehead atoms. The first-order valence-electron chi connectivity index (χ1n) is 6.39. The SMILES string of the molecule is CCNc1ccc2cc(C(C)CC)ccc2n1. The molecule has 1 N–H and O–H groups in total. The van der Waals surface area contributed by atoms with E-state index in [9.17, 15) is 0 Å². The molecule has 1 atom stereocenters. The van der Waals surface area contributed by atoms with Crippen molar-refractivity contribution in [1.82, 2.24) is 4.98 Å². The van der Waals surface area contributed by atoms with Gasteiger partial charge in [0.05, 0.1) is 5.52 Å². The van der Waals surface area contributed by atoms with Gasteiger partial charge in [-0.05, 0) is 49.1 Å². The molecule has 1 aromatic heterocycles. The Hall–Kier alpha value is -1.57. The molecular weight excluding hydrogens is 208 g/mol. The van der Waals surface area contributed by atoms with Gasteiger partial charge in [0.2, 0.25) is 0 Å². The number of anilines is 1. The van der Waals surface area contributed by atoms with Gasteiger partial charge in [0.25, 0.3) is 0 Å². The minimum Gasteiger partial charge on any atom is -0.370 e. The molecule has 1 heterocycles. The summed E-state index contributed by atoms with van der Waals surface area (Å²) in [5, 5.41) is 4.46. The number of pyridine rings is 1. The molecule has 17 heavy (non-hydrogen) atoms. The molecule has 2 nitrogen and oxygen atoms in total. The summed E-state index contributed by atoms with van der Waals surface area (Å²) in [7, 11) is 0. The van der Waals surface area contributed by atoms with Crippen LogP contribution in [0.25, 0.3) is 10.9 Å². The Morgan fingerprint density at radius 1 is 1.18 bits per heavy atom. The van der Waals surface area contributed by atoms with Gasteiger partial charge >= 0.3 is 0 Å². The second-order valence-corrected chi connectivity index (χ2v) is 4.49. The van der Waals surface area contributed by atoms with Gasteiger partial charge in [-0.3, -0.25) is 0 Å². The lowest BCUT2D eigenvalue weighted by Crippen LogP contribution is -1.99. The van der Waals surface area contributed by atoms with Crippen LogP contribution in [0, 0.1) is 0 Å². The summed E-state index contributed by atoms with van der Waals surface area (Å²) in [5.74, 6) is 1.57. The van der Waals surface area contributed by atoms with Gasteiger partial charge in [0.1, 0.15) is 5.82 Å². The van der Waals surface area contributed by atoms with Crippen LogP contribution in [0.2, 0.25) is 0 Å². The third-order valence-electron chi connectivity index (χ3n) is 3.25. The van der Waals surface area contributed by atoms with E-state index in [0.29, 0.717) is 5.92 Å². The number of benzene rings is 1. The van der Waals surface area contributed by atoms with E-state index in [4.69, 9.17) is 0 Å². The highest BCUT2D eigenvalue weighted by Gasteiger charge is 2.04. The van der Waals surface area contributed by atoms with E-state index in [-0.39, 0.29) is 0 Å². The maximum absolute atomic E-state index is 4.58. The minimum absolute atomic E-state index is 0.618. The molecular formula is C15H20N2. The van der Waals surface area contributed by atoms with E-state index < -0.39 is 0 Å². The van der Waals surface area contributed by atoms with Crippen LogP contribution in [0.4, 0.5) is 5.82 Å². The molecule has 0 aliphatic carbocycles. The predicted molar refractivity (Wildman–Crippen MR) is 74.6 cm³/mol. The molecule has 2 rings (SSSR count). The van der Waals surface area contributed by atoms with Crippen LogP contribution in [0.15, 0.2) is 30.3 Å². The van der Waals surface area contributed by atoms with E-state index in [2.05, 4.69) is 55.3 Å². The Bertz CT molecular complexity index is 505. The first-order valence-corrected chi connectivity index (χ1v) is 6.39. The van der Waals surface area contributed by atoms with Gasteiger partial charge in [-0.25, -0.2) is 4.98 Å². The number of rotatable bonds is 4. The van der Waals surface area contributed by atoms with Crippen molar-refractivity contribution in [1.29, 1.82) is 0 Å². The fourth-order valence-corrected chi connectivity index (χ4v) is 1.97. The largest absolute Gasteiger partial charge is 0.370 e. The van der Waals surface area contributed by atoms with Crippen molar-refractivity contribution in [3.8, 4) is 0 Å². The second kappa shape index (κ2) is 5.17. The summed E-state index contributed by atoms with van der Waals surface area (Å²) >= 11 is 0. The van der Waals surface area contributed by atoms with Gasteiger partial charge in [0, 0.05) is 11.9 Å². The molecule has 2 heteroatoms. The normalized spacial score (nSPS) is 12.6. The lowest BCUT2D eigenvalue weighted by atomic mass is 9.97. The van der Waals surface area contributed by atoms with Crippen molar-refractivity contribution in [2.24, 2.45) is 0 Å². The number of nitrogens with zero attached hydrogens (tertiary/aromatic N) is 1. The molecule has 90 valence electrons. The van der Waals surface area contributed by atoms with Gasteiger partial charge in [-0.2, -0.15) is 0 Å². The molecule has 0 aliphatic heterocycles. The number of hydrogen-bond acceptors (Lipinski definition) is 2. The van der Waals surface area contributed by atoms with Crippen molar-refractivity contribution >= 4 is 16.7 Å². The molecule has 0 saturated carbocycles. The number of hydrogen-bond donors (Lipinski definition) is 1. The molecule has 0 fully saturated rings. The minimum atomic E-state index is 0.618. The number of fused-ring (bicyclic) bond motifs is 1. The highest BCUT2D eigenvalue weighted by Crippen LogP contribution is 2.23. The van der Waals surface area contributed by atoms with Crippen LogP contribution < -0.4 is 5.32 Å². The Balaban J connectivity index is 2.39. The summed E-state index contributed by atoms with van der Waals surface area (Å²) in [4.78, 5) is 4.58. The molecule has 1 unspecified atom stereocenters. The molecule has 2 aromatic rings. The first-order chi connectivity index (χ1) is 8.24. The van der Waals surface area contributed by atoms with Gasteiger partial charge in [-0.1, -0.05) is 19.9 Å². The molecule has 0 saturated heterocycles. The van der Waals surface area contributed by atoms with Crippen molar-refractivity contribution in [2.75, 3.05) is 11.9 Å². The summed E-state index contributed by atoms with van der Waals surface area (Å²) in [5.41, 5.74) is 2.47. The Morgan fingerprint density at radius 2 is 2.00 bits per heavy atom. The molecule has 0 amide bonds. The van der Waals surface area contributed by atoms with E-state index in [0.717, 1.165) is 17.9 Å². The third kappa shape index (κ3) is 2.57. The number of nitrogens with one attached hydrogen (secondary N) is 1. The Morgan fingerprint density at radius 3 is 2.71 bits per heavy atom. The fraction of sp³-hybridized carbons (Fsp3) is 0.400. The fourth-order valence-electron chi connectivity index (χ4n) is 1.97. The Labute approximate surface area is 103 Å². The van der Waals surface area contributed by atoms with Crippen LogP contribution in [0.1, 0.15) is 38.7 Å². The maximum atomic E-state index is 4.58. The summed E-state index contributed by atoms with van der Waals surface area (Å²) in [6.07, 6.45) is 1.18. The van der Waals surface area contributed by atoms with Crippen LogP contribution in [0.5, 0.6) is 0 Å². The van der Waals surface area contributed by atoms with Crippen LogP contribution in [-0.4, -0.2) is 11.5 Å². The quantitative estimate of drug-likeness (QED) is 0.849. The molecule has 1 aromatic carbocycles. The van der Waals surface area contributed by atoms with Crippen LogP contribution >= 0.6 is 0 Å². The highest BCUT2D eigenvalue weighted by molar-refractivity contribution is 5.81. The van der Waals surface area contributed by atoms with Crippen molar-refractivity contribution in [2.45, 2.75) is 33.1 Å². The van der Waals surface area contributed by atoms with Crippen LogP contribution in [-0.2, 0) is 0 Å². The zero-order valence-electron chi connectivity index (χ0n) is 10.8. The molecule has 0 aliphatic rings. The predicted octanol–water partition coefficient (Wildman–Crippen LogP) is 4.18. The first kappa shape index (κ1) is 11.9. The van der Waals surface area contributed by atoms with Gasteiger partial charge in [0.15, 0.2) is 0 Å². The second-order valence-electron chi connectivity index (χ2n) is 4.49. The highest BCUT2D eigenvalue weighted by atomic mass is 15.0. The van der Waals surface area contributed by atoms with E-state index in [1.54, 1.807) is 0 Å². The summed E-state index contributed by atoms with van der Waals surface area (Å²) < 4.78 is 0. The van der Waals surface area contributed by atoms with Crippen molar-refractivity contribution < 1.29 is 0 Å². The zero-order chi connectivity index (χ0) is 12.3. The smallest absolute Gasteiger partial charge is 0.126 e. The maximum Gasteiger partial charge on any atom is 0.126 e.